The molecule has 0 radical (unpaired) electrons. The average molecular weight is 281 g/mol. The van der Waals surface area contributed by atoms with Gasteiger partial charge < -0.3 is 5.32 Å². The van der Waals surface area contributed by atoms with E-state index in [1.165, 1.54) is 0 Å². The van der Waals surface area contributed by atoms with Crippen LogP contribution in [0.5, 0.6) is 0 Å². The fraction of sp³-hybridized carbons (Fsp3) is 1.00. The van der Waals surface area contributed by atoms with E-state index in [1.54, 1.807) is 6.92 Å². The zero-order valence-electron chi connectivity index (χ0n) is 11.4. The van der Waals surface area contributed by atoms with Gasteiger partial charge in [0.15, 0.2) is 0 Å². The van der Waals surface area contributed by atoms with Crippen molar-refractivity contribution in [1.82, 2.24) is 5.32 Å². The summed E-state index contributed by atoms with van der Waals surface area (Å²) in [7, 11) is -2.79. The fourth-order valence-electron chi connectivity index (χ4n) is 1.55. The van der Waals surface area contributed by atoms with E-state index in [1.807, 2.05) is 11.8 Å². The maximum atomic E-state index is 11.4. The molecule has 0 amide bonds. The lowest BCUT2D eigenvalue weighted by Crippen LogP contribution is -2.32. The molecule has 17 heavy (non-hydrogen) atoms. The first-order valence-corrected chi connectivity index (χ1v) is 9.54. The third-order valence-electron chi connectivity index (χ3n) is 2.65. The Kier molecular flexibility index (Phi) is 10.4. The highest BCUT2D eigenvalue weighted by Crippen LogP contribution is 2.08. The summed E-state index contributed by atoms with van der Waals surface area (Å²) in [6, 6.07) is 0.465. The van der Waals surface area contributed by atoms with Crippen LogP contribution in [-0.2, 0) is 9.84 Å². The van der Waals surface area contributed by atoms with Gasteiger partial charge in [-0.2, -0.15) is 11.8 Å². The van der Waals surface area contributed by atoms with Crippen LogP contribution in [0.3, 0.4) is 0 Å². The zero-order valence-corrected chi connectivity index (χ0v) is 13.0. The number of thioether (sulfide) groups is 1. The first-order valence-electron chi connectivity index (χ1n) is 6.57. The monoisotopic (exact) mass is 281 g/mol. The Morgan fingerprint density at radius 3 is 2.47 bits per heavy atom. The first-order chi connectivity index (χ1) is 8.05. The second-order valence-electron chi connectivity index (χ2n) is 4.19. The molecule has 0 aliphatic carbocycles. The van der Waals surface area contributed by atoms with Gasteiger partial charge in [-0.15, -0.1) is 0 Å². The van der Waals surface area contributed by atoms with Gasteiger partial charge in [-0.3, -0.25) is 0 Å². The molecule has 0 aliphatic heterocycles. The fourth-order valence-corrected chi connectivity index (χ4v) is 3.25. The van der Waals surface area contributed by atoms with Crippen molar-refractivity contribution < 1.29 is 8.42 Å². The minimum Gasteiger partial charge on any atom is -0.313 e. The van der Waals surface area contributed by atoms with Crippen molar-refractivity contribution in [3.8, 4) is 0 Å². The molecule has 3 nitrogen and oxygen atoms in total. The van der Waals surface area contributed by atoms with Crippen molar-refractivity contribution in [2.45, 2.75) is 46.1 Å². The quantitative estimate of drug-likeness (QED) is 0.631. The van der Waals surface area contributed by atoms with E-state index in [9.17, 15) is 8.42 Å². The predicted octanol–water partition coefficient (Wildman–Crippen LogP) is 2.32. The molecule has 0 heterocycles. The smallest absolute Gasteiger partial charge is 0.150 e. The van der Waals surface area contributed by atoms with Crippen LogP contribution in [-0.4, -0.2) is 44.0 Å². The van der Waals surface area contributed by atoms with Gasteiger partial charge in [-0.1, -0.05) is 20.8 Å². The van der Waals surface area contributed by atoms with Crippen molar-refractivity contribution in [3.05, 3.63) is 0 Å². The Hall–Kier alpha value is 0.260. The largest absolute Gasteiger partial charge is 0.313 e. The van der Waals surface area contributed by atoms with Crippen molar-refractivity contribution >= 4 is 21.6 Å². The third-order valence-corrected chi connectivity index (χ3v) is 5.49. The van der Waals surface area contributed by atoms with E-state index < -0.39 is 9.84 Å². The predicted molar refractivity (Wildman–Crippen MR) is 78.6 cm³/mol. The molecule has 0 fully saturated rings. The minimum atomic E-state index is -2.79. The van der Waals surface area contributed by atoms with Crippen LogP contribution in [0.4, 0.5) is 0 Å². The molecular formula is C12H27NO2S2. The summed E-state index contributed by atoms with van der Waals surface area (Å²) in [4.78, 5) is 0. The third kappa shape index (κ3) is 9.92. The van der Waals surface area contributed by atoms with Gasteiger partial charge in [-0.25, -0.2) is 8.42 Å². The van der Waals surface area contributed by atoms with E-state index in [4.69, 9.17) is 0 Å². The van der Waals surface area contributed by atoms with Crippen molar-refractivity contribution in [1.29, 1.82) is 0 Å². The second kappa shape index (κ2) is 10.2. The van der Waals surface area contributed by atoms with Crippen LogP contribution in [0.25, 0.3) is 0 Å². The topological polar surface area (TPSA) is 46.2 Å². The molecule has 5 heteroatoms. The Morgan fingerprint density at radius 1 is 1.24 bits per heavy atom. The molecule has 0 aliphatic rings. The highest BCUT2D eigenvalue weighted by molar-refractivity contribution is 7.99. The molecule has 0 saturated heterocycles. The summed E-state index contributed by atoms with van der Waals surface area (Å²) in [6.07, 6.45) is 2.87. The Morgan fingerprint density at radius 2 is 1.94 bits per heavy atom. The van der Waals surface area contributed by atoms with E-state index in [2.05, 4.69) is 19.2 Å². The SMILES string of the molecule is CCCNC(CCCS(=O)(=O)CC)CSCC. The lowest BCUT2D eigenvalue weighted by molar-refractivity contribution is 0.512. The Bertz CT molecular complexity index is 258. The molecule has 0 aromatic heterocycles. The molecule has 1 unspecified atom stereocenters. The number of sulfone groups is 1. The van der Waals surface area contributed by atoms with Gasteiger partial charge in [0.1, 0.15) is 9.84 Å². The number of rotatable bonds is 11. The van der Waals surface area contributed by atoms with Gasteiger partial charge >= 0.3 is 0 Å². The van der Waals surface area contributed by atoms with E-state index >= 15 is 0 Å². The maximum absolute atomic E-state index is 11.4. The highest BCUT2D eigenvalue weighted by atomic mass is 32.2. The van der Waals surface area contributed by atoms with Gasteiger partial charge in [0.05, 0.1) is 5.75 Å². The normalized spacial score (nSPS) is 13.8. The highest BCUT2D eigenvalue weighted by Gasteiger charge is 2.11. The molecule has 104 valence electrons. The molecule has 0 aromatic carbocycles. The summed E-state index contributed by atoms with van der Waals surface area (Å²) in [5.74, 6) is 2.81. The van der Waals surface area contributed by atoms with Crippen LogP contribution in [0.2, 0.25) is 0 Å². The van der Waals surface area contributed by atoms with E-state index in [-0.39, 0.29) is 5.75 Å². The Labute approximate surface area is 111 Å². The van der Waals surface area contributed by atoms with E-state index in [0.29, 0.717) is 11.8 Å². The molecule has 0 spiro atoms. The second-order valence-corrected chi connectivity index (χ2v) is 7.98. The van der Waals surface area contributed by atoms with Crippen molar-refractivity contribution in [2.24, 2.45) is 0 Å². The first kappa shape index (κ1) is 17.3. The van der Waals surface area contributed by atoms with Gasteiger partial charge in [0.2, 0.25) is 0 Å². The Balaban J connectivity index is 3.89. The molecule has 1 N–H and O–H groups in total. The van der Waals surface area contributed by atoms with Crippen LogP contribution in [0.15, 0.2) is 0 Å². The molecule has 1 atom stereocenters. The maximum Gasteiger partial charge on any atom is 0.150 e. The molecular weight excluding hydrogens is 254 g/mol. The minimum absolute atomic E-state index is 0.268. The lowest BCUT2D eigenvalue weighted by Gasteiger charge is -2.17. The summed E-state index contributed by atoms with van der Waals surface area (Å²) < 4.78 is 22.8. The average Bonchev–Trinajstić information content (AvgIpc) is 2.31. The number of hydrogen-bond donors (Lipinski definition) is 1. The molecule has 0 rings (SSSR count). The van der Waals surface area contributed by atoms with Crippen molar-refractivity contribution in [3.63, 3.8) is 0 Å². The van der Waals surface area contributed by atoms with Gasteiger partial charge in [-0.05, 0) is 31.6 Å². The van der Waals surface area contributed by atoms with Crippen molar-refractivity contribution in [2.75, 3.05) is 29.6 Å². The van der Waals surface area contributed by atoms with Gasteiger partial charge in [0.25, 0.3) is 0 Å². The zero-order chi connectivity index (χ0) is 13.1. The van der Waals surface area contributed by atoms with Crippen LogP contribution in [0, 0.1) is 0 Å². The van der Waals surface area contributed by atoms with Crippen LogP contribution >= 0.6 is 11.8 Å². The molecule has 0 aromatic rings. The lowest BCUT2D eigenvalue weighted by atomic mass is 10.2. The summed E-state index contributed by atoms with van der Waals surface area (Å²) >= 11 is 1.92. The van der Waals surface area contributed by atoms with Crippen LogP contribution < -0.4 is 5.32 Å². The molecule has 0 bridgehead atoms. The summed E-state index contributed by atoms with van der Waals surface area (Å²) in [6.45, 7) is 7.05. The molecule has 0 saturated carbocycles. The van der Waals surface area contributed by atoms with E-state index in [0.717, 1.165) is 37.3 Å². The summed E-state index contributed by atoms with van der Waals surface area (Å²) in [5.41, 5.74) is 0. The van der Waals surface area contributed by atoms with Crippen LogP contribution in [0.1, 0.15) is 40.0 Å². The number of hydrogen-bond acceptors (Lipinski definition) is 4. The van der Waals surface area contributed by atoms with Gasteiger partial charge in [0, 0.05) is 17.5 Å². The summed E-state index contributed by atoms with van der Waals surface area (Å²) in [5, 5.41) is 3.49. The standard InChI is InChI=1S/C12H27NO2S2/c1-4-9-13-12(11-16-5-2)8-7-10-17(14,15)6-3/h12-13H,4-11H2,1-3H3. The number of nitrogens with one attached hydrogen (secondary N) is 1.